The normalized spacial score (nSPS) is 16.6. The Morgan fingerprint density at radius 2 is 2.06 bits per heavy atom. The van der Waals surface area contributed by atoms with E-state index in [0.717, 1.165) is 18.8 Å². The quantitative estimate of drug-likeness (QED) is 0.460. The Morgan fingerprint density at radius 1 is 1.38 bits per heavy atom. The molecular weight excluding hydrogens is 212 g/mol. The van der Waals surface area contributed by atoms with Crippen molar-refractivity contribution in [3.05, 3.63) is 0 Å². The van der Waals surface area contributed by atoms with E-state index < -0.39 is 24.6 Å². The second-order valence-electron chi connectivity index (χ2n) is 4.06. The molecule has 0 aromatic heterocycles. The molecule has 16 heavy (non-hydrogen) atoms. The molecule has 1 saturated carbocycles. The summed E-state index contributed by atoms with van der Waals surface area (Å²) in [5, 5.41) is 22.0. The largest absolute Gasteiger partial charge is 0.480 e. The Bertz CT molecular complexity index is 253. The number of carboxylic acids is 1. The Hall–Kier alpha value is -1.30. The molecule has 0 saturated heterocycles. The highest BCUT2D eigenvalue weighted by atomic mass is 16.4. The smallest absolute Gasteiger partial charge is 0.328 e. The number of aliphatic hydroxyl groups excluding tert-OH is 1. The van der Waals surface area contributed by atoms with Crippen molar-refractivity contribution in [2.24, 2.45) is 5.92 Å². The number of carboxylic acid groups (broad SMARTS) is 1. The summed E-state index contributed by atoms with van der Waals surface area (Å²) in [6.45, 7) is -0.0646. The summed E-state index contributed by atoms with van der Waals surface area (Å²) in [4.78, 5) is 21.7. The molecule has 1 aliphatic carbocycles. The number of aliphatic carboxylic acids is 1. The summed E-state index contributed by atoms with van der Waals surface area (Å²) in [6.07, 6.45) is 4.60. The van der Waals surface area contributed by atoms with Gasteiger partial charge in [0.1, 0.15) is 0 Å². The topological polar surface area (TPSA) is 98.7 Å². The monoisotopic (exact) mass is 230 g/mol. The molecule has 1 rings (SSSR count). The lowest BCUT2D eigenvalue weighted by molar-refractivity contribution is -0.140. The number of rotatable bonds is 7. The number of aliphatic hydroxyl groups is 1. The molecule has 92 valence electrons. The molecule has 1 fully saturated rings. The van der Waals surface area contributed by atoms with Crippen LogP contribution < -0.4 is 10.6 Å². The van der Waals surface area contributed by atoms with Crippen molar-refractivity contribution in [1.82, 2.24) is 10.6 Å². The van der Waals surface area contributed by atoms with Gasteiger partial charge < -0.3 is 20.8 Å². The first-order chi connectivity index (χ1) is 7.63. The van der Waals surface area contributed by atoms with E-state index in [2.05, 4.69) is 10.6 Å². The lowest BCUT2D eigenvalue weighted by atomic mass is 10.2. The second kappa shape index (κ2) is 6.32. The minimum absolute atomic E-state index is 0.542. The molecule has 0 aromatic rings. The van der Waals surface area contributed by atoms with Gasteiger partial charge in [0.2, 0.25) is 0 Å². The zero-order valence-corrected chi connectivity index (χ0v) is 9.11. The minimum atomic E-state index is -1.24. The number of hydrogen-bond acceptors (Lipinski definition) is 3. The van der Waals surface area contributed by atoms with Crippen molar-refractivity contribution in [2.75, 3.05) is 13.2 Å². The Balaban J connectivity index is 2.06. The first-order valence-corrected chi connectivity index (χ1v) is 5.51. The Kier molecular flexibility index (Phi) is 5.04. The summed E-state index contributed by atoms with van der Waals surface area (Å²) in [5.41, 5.74) is 0. The first kappa shape index (κ1) is 12.8. The third-order valence-corrected chi connectivity index (χ3v) is 2.56. The Morgan fingerprint density at radius 3 is 2.56 bits per heavy atom. The van der Waals surface area contributed by atoms with Gasteiger partial charge in [0.15, 0.2) is 6.04 Å². The number of carbonyl (C=O) groups is 2. The molecule has 6 heteroatoms. The molecule has 0 aromatic carbocycles. The molecule has 0 heterocycles. The molecule has 0 unspecified atom stereocenters. The van der Waals surface area contributed by atoms with Crippen LogP contribution in [0.1, 0.15) is 25.7 Å². The zero-order chi connectivity index (χ0) is 12.0. The molecule has 0 spiro atoms. The van der Waals surface area contributed by atoms with Crippen LogP contribution in [0.2, 0.25) is 0 Å². The predicted molar refractivity (Wildman–Crippen MR) is 57.0 cm³/mol. The van der Waals surface area contributed by atoms with E-state index in [4.69, 9.17) is 10.2 Å². The van der Waals surface area contributed by atoms with Gasteiger partial charge in [-0.3, -0.25) is 0 Å². The molecule has 2 amide bonds. The van der Waals surface area contributed by atoms with Crippen molar-refractivity contribution in [3.8, 4) is 0 Å². The fourth-order valence-corrected chi connectivity index (χ4v) is 1.39. The summed E-state index contributed by atoms with van der Waals surface area (Å²) in [6, 6.07) is -1.78. The molecular formula is C10H18N2O4. The average molecular weight is 230 g/mol. The number of nitrogens with one attached hydrogen (secondary N) is 2. The van der Waals surface area contributed by atoms with Gasteiger partial charge in [0.05, 0.1) is 6.61 Å². The molecule has 0 aliphatic heterocycles. The van der Waals surface area contributed by atoms with Crippen LogP contribution >= 0.6 is 0 Å². The van der Waals surface area contributed by atoms with Crippen LogP contribution in [0.15, 0.2) is 0 Å². The maximum absolute atomic E-state index is 11.2. The van der Waals surface area contributed by atoms with Gasteiger partial charge in [-0.15, -0.1) is 0 Å². The Labute approximate surface area is 94.0 Å². The van der Waals surface area contributed by atoms with Crippen LogP contribution in [-0.4, -0.2) is 41.4 Å². The van der Waals surface area contributed by atoms with Crippen molar-refractivity contribution in [1.29, 1.82) is 0 Å². The lowest BCUT2D eigenvalue weighted by Gasteiger charge is -2.12. The zero-order valence-electron chi connectivity index (χ0n) is 9.11. The summed E-state index contributed by atoms with van der Waals surface area (Å²) >= 11 is 0. The molecule has 1 atom stereocenters. The van der Waals surface area contributed by atoms with Crippen LogP contribution in [0.25, 0.3) is 0 Å². The molecule has 4 N–H and O–H groups in total. The molecule has 0 radical (unpaired) electrons. The van der Waals surface area contributed by atoms with Gasteiger partial charge in [-0.25, -0.2) is 9.59 Å². The summed E-state index contributed by atoms with van der Waals surface area (Å²) in [5.74, 6) is -0.412. The minimum Gasteiger partial charge on any atom is -0.480 e. The fraction of sp³-hybridized carbons (Fsp3) is 0.800. The third-order valence-electron chi connectivity index (χ3n) is 2.56. The van der Waals surface area contributed by atoms with Crippen molar-refractivity contribution in [3.63, 3.8) is 0 Å². The van der Waals surface area contributed by atoms with Crippen molar-refractivity contribution >= 4 is 12.0 Å². The number of amides is 2. The number of hydrogen-bond donors (Lipinski definition) is 4. The highest BCUT2D eigenvalue weighted by Gasteiger charge is 2.21. The van der Waals surface area contributed by atoms with Gasteiger partial charge >= 0.3 is 12.0 Å². The van der Waals surface area contributed by atoms with E-state index in [9.17, 15) is 9.59 Å². The van der Waals surface area contributed by atoms with Crippen LogP contribution in [0.4, 0.5) is 4.79 Å². The molecule has 6 nitrogen and oxygen atoms in total. The van der Waals surface area contributed by atoms with Crippen LogP contribution in [-0.2, 0) is 4.79 Å². The fourth-order valence-electron chi connectivity index (χ4n) is 1.39. The SMILES string of the molecule is O=C(NCCCC1CC1)N[C@@H](CO)C(=O)O. The second-order valence-corrected chi connectivity index (χ2v) is 4.06. The molecule has 1 aliphatic rings. The van der Waals surface area contributed by atoms with Crippen molar-refractivity contribution < 1.29 is 19.8 Å². The van der Waals surface area contributed by atoms with Gasteiger partial charge in [0.25, 0.3) is 0 Å². The average Bonchev–Trinajstić information content (AvgIpc) is 3.04. The highest BCUT2D eigenvalue weighted by Crippen LogP contribution is 2.33. The first-order valence-electron chi connectivity index (χ1n) is 5.51. The maximum atomic E-state index is 11.2. The van der Waals surface area contributed by atoms with E-state index in [1.807, 2.05) is 0 Å². The van der Waals surface area contributed by atoms with Crippen molar-refractivity contribution in [2.45, 2.75) is 31.7 Å². The van der Waals surface area contributed by atoms with Gasteiger partial charge in [-0.05, 0) is 18.8 Å². The van der Waals surface area contributed by atoms with E-state index >= 15 is 0 Å². The van der Waals surface area contributed by atoms with Gasteiger partial charge in [-0.2, -0.15) is 0 Å². The van der Waals surface area contributed by atoms with E-state index in [1.54, 1.807) is 0 Å². The van der Waals surface area contributed by atoms with Crippen LogP contribution in [0, 0.1) is 5.92 Å². The van der Waals surface area contributed by atoms with Crippen LogP contribution in [0.3, 0.4) is 0 Å². The predicted octanol–water partition coefficient (Wildman–Crippen LogP) is -0.0787. The standard InChI is InChI=1S/C10H18N2O4/c13-6-8(9(14)15)12-10(16)11-5-1-2-7-3-4-7/h7-8,13H,1-6H2,(H,14,15)(H2,11,12,16)/t8-/m0/s1. The number of urea groups is 1. The van der Waals surface area contributed by atoms with E-state index in [1.165, 1.54) is 12.8 Å². The summed E-state index contributed by atoms with van der Waals surface area (Å²) in [7, 11) is 0. The maximum Gasteiger partial charge on any atom is 0.328 e. The van der Waals surface area contributed by atoms with Gasteiger partial charge in [0, 0.05) is 6.54 Å². The highest BCUT2D eigenvalue weighted by molar-refractivity contribution is 5.82. The van der Waals surface area contributed by atoms with E-state index in [0.29, 0.717) is 6.54 Å². The molecule has 0 bridgehead atoms. The van der Waals surface area contributed by atoms with Gasteiger partial charge in [-0.1, -0.05) is 12.8 Å². The third kappa shape index (κ3) is 4.97. The van der Waals surface area contributed by atoms with Crippen LogP contribution in [0.5, 0.6) is 0 Å². The van der Waals surface area contributed by atoms with E-state index in [-0.39, 0.29) is 0 Å². The number of carbonyl (C=O) groups excluding carboxylic acids is 1. The summed E-state index contributed by atoms with van der Waals surface area (Å²) < 4.78 is 0. The lowest BCUT2D eigenvalue weighted by Crippen LogP contribution is -2.48.